The van der Waals surface area contributed by atoms with Gasteiger partial charge in [0.25, 0.3) is 5.91 Å². The number of para-hydroxylation sites is 2. The summed E-state index contributed by atoms with van der Waals surface area (Å²) in [4.78, 5) is 20.1. The number of benzene rings is 2. The molecule has 0 N–H and O–H groups in total. The summed E-state index contributed by atoms with van der Waals surface area (Å²) in [5, 5.41) is 1.05. The molecular weight excluding hydrogens is 344 g/mol. The van der Waals surface area contributed by atoms with Crippen LogP contribution in [0, 0.1) is 0 Å². The smallest absolute Gasteiger partial charge is 0.264 e. The van der Waals surface area contributed by atoms with Crippen molar-refractivity contribution in [3.8, 4) is 5.75 Å². The van der Waals surface area contributed by atoms with Gasteiger partial charge in [-0.2, -0.15) is 0 Å². The number of aromatic nitrogens is 1. The number of likely N-dealkylation sites (tertiary alicyclic amines) is 1. The molecule has 2 aliphatic heterocycles. The van der Waals surface area contributed by atoms with Gasteiger partial charge >= 0.3 is 0 Å². The van der Waals surface area contributed by atoms with E-state index in [1.165, 1.54) is 4.70 Å². The minimum atomic E-state index is -0.401. The van der Waals surface area contributed by atoms with Gasteiger partial charge in [-0.05, 0) is 43.0 Å². The molecule has 26 heavy (non-hydrogen) atoms. The van der Waals surface area contributed by atoms with Crippen LogP contribution in [0.15, 0.2) is 48.5 Å². The summed E-state index contributed by atoms with van der Waals surface area (Å²) in [5.74, 6) is 0.949. The number of ether oxygens (including phenoxy) is 1. The molecule has 2 aliphatic rings. The van der Waals surface area contributed by atoms with E-state index in [0.29, 0.717) is 6.42 Å². The second kappa shape index (κ2) is 6.40. The van der Waals surface area contributed by atoms with Crippen LogP contribution in [0.1, 0.15) is 35.9 Å². The SMILES string of the molecule is O=C(C1Cc2ccccc2O1)N1CCCCC1c1nc2ccccc2s1. The van der Waals surface area contributed by atoms with Gasteiger partial charge < -0.3 is 9.64 Å². The second-order valence-corrected chi connectivity index (χ2v) is 8.04. The molecule has 5 heteroatoms. The number of rotatable bonds is 2. The normalized spacial score (nSPS) is 22.2. The zero-order chi connectivity index (χ0) is 17.5. The number of fused-ring (bicyclic) bond motifs is 2. The lowest BCUT2D eigenvalue weighted by atomic mass is 10.0. The van der Waals surface area contributed by atoms with Gasteiger partial charge in [0, 0.05) is 13.0 Å². The summed E-state index contributed by atoms with van der Waals surface area (Å²) in [5.41, 5.74) is 2.15. The Kier molecular flexibility index (Phi) is 3.89. The Balaban J connectivity index is 1.42. The highest BCUT2D eigenvalue weighted by Gasteiger charge is 2.37. The van der Waals surface area contributed by atoms with E-state index >= 15 is 0 Å². The first-order chi connectivity index (χ1) is 12.8. The van der Waals surface area contributed by atoms with Crippen LogP contribution >= 0.6 is 11.3 Å². The van der Waals surface area contributed by atoms with Crippen molar-refractivity contribution >= 4 is 27.5 Å². The number of hydrogen-bond donors (Lipinski definition) is 0. The molecule has 0 saturated carbocycles. The highest BCUT2D eigenvalue weighted by molar-refractivity contribution is 7.18. The maximum Gasteiger partial charge on any atom is 0.264 e. The number of carbonyl (C=O) groups excluding carboxylic acids is 1. The Morgan fingerprint density at radius 2 is 1.96 bits per heavy atom. The molecule has 2 aromatic carbocycles. The Bertz CT molecular complexity index is 909. The maximum absolute atomic E-state index is 13.2. The van der Waals surface area contributed by atoms with E-state index in [1.807, 2.05) is 47.4 Å². The molecule has 132 valence electrons. The Morgan fingerprint density at radius 3 is 2.85 bits per heavy atom. The van der Waals surface area contributed by atoms with E-state index in [9.17, 15) is 4.79 Å². The van der Waals surface area contributed by atoms with Crippen LogP contribution in [-0.4, -0.2) is 28.4 Å². The van der Waals surface area contributed by atoms with Gasteiger partial charge in [0.1, 0.15) is 10.8 Å². The van der Waals surface area contributed by atoms with Crippen molar-refractivity contribution in [2.45, 2.75) is 37.8 Å². The minimum Gasteiger partial charge on any atom is -0.480 e. The number of thiazole rings is 1. The van der Waals surface area contributed by atoms with Crippen molar-refractivity contribution in [3.05, 3.63) is 59.1 Å². The molecule has 2 atom stereocenters. The number of nitrogens with zero attached hydrogens (tertiary/aromatic N) is 2. The zero-order valence-corrected chi connectivity index (χ0v) is 15.2. The van der Waals surface area contributed by atoms with Crippen LogP contribution < -0.4 is 4.74 Å². The maximum atomic E-state index is 13.2. The predicted octanol–water partition coefficient (Wildman–Crippen LogP) is 4.35. The number of carbonyl (C=O) groups is 1. The second-order valence-electron chi connectivity index (χ2n) is 6.98. The van der Waals surface area contributed by atoms with Crippen molar-refractivity contribution in [2.75, 3.05) is 6.54 Å². The van der Waals surface area contributed by atoms with E-state index in [2.05, 4.69) is 6.07 Å². The van der Waals surface area contributed by atoms with Crippen molar-refractivity contribution in [3.63, 3.8) is 0 Å². The molecule has 0 radical (unpaired) electrons. The lowest BCUT2D eigenvalue weighted by Gasteiger charge is -2.35. The van der Waals surface area contributed by atoms with Gasteiger partial charge in [0.2, 0.25) is 0 Å². The first-order valence-corrected chi connectivity index (χ1v) is 10.0. The summed E-state index contributed by atoms with van der Waals surface area (Å²) in [6.45, 7) is 0.787. The summed E-state index contributed by atoms with van der Waals surface area (Å²) in [6.07, 6.45) is 3.43. The van der Waals surface area contributed by atoms with Gasteiger partial charge in [-0.15, -0.1) is 11.3 Å². The molecule has 0 bridgehead atoms. The molecule has 1 aromatic heterocycles. The Hall–Kier alpha value is -2.40. The number of piperidine rings is 1. The van der Waals surface area contributed by atoms with Crippen LogP contribution in [0.25, 0.3) is 10.2 Å². The average molecular weight is 364 g/mol. The summed E-state index contributed by atoms with van der Waals surface area (Å²) >= 11 is 1.71. The van der Waals surface area contributed by atoms with Gasteiger partial charge in [0.15, 0.2) is 6.10 Å². The molecule has 1 amide bonds. The average Bonchev–Trinajstić information content (AvgIpc) is 3.31. The topological polar surface area (TPSA) is 42.4 Å². The van der Waals surface area contributed by atoms with Crippen molar-refractivity contribution in [1.29, 1.82) is 0 Å². The van der Waals surface area contributed by atoms with Crippen LogP contribution in [0.2, 0.25) is 0 Å². The molecule has 0 aliphatic carbocycles. The van der Waals surface area contributed by atoms with Crippen molar-refractivity contribution < 1.29 is 9.53 Å². The molecule has 0 spiro atoms. The summed E-state index contributed by atoms with van der Waals surface area (Å²) in [7, 11) is 0. The third-order valence-corrected chi connectivity index (χ3v) is 6.44. The van der Waals surface area contributed by atoms with E-state index < -0.39 is 6.10 Å². The molecule has 1 saturated heterocycles. The minimum absolute atomic E-state index is 0.0703. The number of hydrogen-bond acceptors (Lipinski definition) is 4. The van der Waals surface area contributed by atoms with Gasteiger partial charge in [-0.25, -0.2) is 4.98 Å². The number of amides is 1. The summed E-state index contributed by atoms with van der Waals surface area (Å²) in [6, 6.07) is 16.2. The lowest BCUT2D eigenvalue weighted by molar-refractivity contribution is -0.142. The van der Waals surface area contributed by atoms with Gasteiger partial charge in [-0.1, -0.05) is 30.3 Å². The Labute approximate surface area is 156 Å². The highest BCUT2D eigenvalue weighted by Crippen LogP contribution is 2.37. The standard InChI is InChI=1S/C21H20N2O2S/c24-21(18-13-14-7-1-3-10-17(14)25-18)23-12-6-5-9-16(23)20-22-15-8-2-4-11-19(15)26-20/h1-4,7-8,10-11,16,18H,5-6,9,12-13H2. The third-order valence-electron chi connectivity index (χ3n) is 5.30. The zero-order valence-electron chi connectivity index (χ0n) is 14.4. The Morgan fingerprint density at radius 1 is 1.12 bits per heavy atom. The lowest BCUT2D eigenvalue weighted by Crippen LogP contribution is -2.45. The molecular formula is C21H20N2O2S. The quantitative estimate of drug-likeness (QED) is 0.679. The predicted molar refractivity (Wildman–Crippen MR) is 102 cm³/mol. The fourth-order valence-electron chi connectivity index (χ4n) is 3.99. The van der Waals surface area contributed by atoms with E-state index in [1.54, 1.807) is 11.3 Å². The van der Waals surface area contributed by atoms with Gasteiger partial charge in [0.05, 0.1) is 16.3 Å². The largest absolute Gasteiger partial charge is 0.480 e. The van der Waals surface area contributed by atoms with Crippen molar-refractivity contribution in [1.82, 2.24) is 9.88 Å². The fourth-order valence-corrected chi connectivity index (χ4v) is 5.10. The summed E-state index contributed by atoms with van der Waals surface area (Å²) < 4.78 is 7.14. The van der Waals surface area contributed by atoms with Crippen LogP contribution in [0.5, 0.6) is 5.75 Å². The van der Waals surface area contributed by atoms with Crippen molar-refractivity contribution in [2.24, 2.45) is 0 Å². The first-order valence-electron chi connectivity index (χ1n) is 9.20. The molecule has 3 aromatic rings. The first kappa shape index (κ1) is 15.8. The molecule has 1 fully saturated rings. The third kappa shape index (κ3) is 2.67. The van der Waals surface area contributed by atoms with Gasteiger partial charge in [-0.3, -0.25) is 4.79 Å². The molecule has 2 unspecified atom stereocenters. The molecule has 5 rings (SSSR count). The fraction of sp³-hybridized carbons (Fsp3) is 0.333. The monoisotopic (exact) mass is 364 g/mol. The van der Waals surface area contributed by atoms with Crippen LogP contribution in [0.3, 0.4) is 0 Å². The molecule has 3 heterocycles. The molecule has 4 nitrogen and oxygen atoms in total. The van der Waals surface area contributed by atoms with Crippen LogP contribution in [-0.2, 0) is 11.2 Å². The van der Waals surface area contributed by atoms with E-state index in [-0.39, 0.29) is 11.9 Å². The highest BCUT2D eigenvalue weighted by atomic mass is 32.1. The van der Waals surface area contributed by atoms with Crippen LogP contribution in [0.4, 0.5) is 0 Å². The van der Waals surface area contributed by atoms with E-state index in [4.69, 9.17) is 9.72 Å². The van der Waals surface area contributed by atoms with E-state index in [0.717, 1.165) is 47.6 Å².